The number of halogens is 1. The Morgan fingerprint density at radius 3 is 2.95 bits per heavy atom. The molecule has 0 spiro atoms. The SMILES string of the molecule is Cc1cc(F)c(C#N)nc1-c1cccc2cc[nH]c12. The molecule has 1 N–H and O–H groups in total. The van der Waals surface area contributed by atoms with E-state index in [1.54, 1.807) is 13.0 Å². The number of hydrogen-bond donors (Lipinski definition) is 1. The molecule has 0 saturated carbocycles. The van der Waals surface area contributed by atoms with Crippen LogP contribution in [-0.4, -0.2) is 9.97 Å². The summed E-state index contributed by atoms with van der Waals surface area (Å²) >= 11 is 0. The average molecular weight is 251 g/mol. The molecule has 0 radical (unpaired) electrons. The zero-order valence-electron chi connectivity index (χ0n) is 10.2. The summed E-state index contributed by atoms with van der Waals surface area (Å²) in [5.41, 5.74) is 2.97. The highest BCUT2D eigenvalue weighted by molar-refractivity contribution is 5.93. The smallest absolute Gasteiger partial charge is 0.176 e. The van der Waals surface area contributed by atoms with Crippen LogP contribution < -0.4 is 0 Å². The van der Waals surface area contributed by atoms with Crippen LogP contribution in [0.5, 0.6) is 0 Å². The van der Waals surface area contributed by atoms with Crippen LogP contribution in [0.25, 0.3) is 22.2 Å². The number of aryl methyl sites for hydroxylation is 1. The van der Waals surface area contributed by atoms with Crippen LogP contribution in [0.15, 0.2) is 36.5 Å². The van der Waals surface area contributed by atoms with Gasteiger partial charge in [0.05, 0.1) is 11.2 Å². The molecule has 0 bridgehead atoms. The van der Waals surface area contributed by atoms with E-state index in [1.807, 2.05) is 30.5 Å². The highest BCUT2D eigenvalue weighted by Crippen LogP contribution is 2.29. The van der Waals surface area contributed by atoms with E-state index in [4.69, 9.17) is 5.26 Å². The van der Waals surface area contributed by atoms with Crippen molar-refractivity contribution >= 4 is 10.9 Å². The molecule has 3 aromatic rings. The predicted molar refractivity (Wildman–Crippen MR) is 70.9 cm³/mol. The number of para-hydroxylation sites is 1. The fourth-order valence-corrected chi connectivity index (χ4v) is 2.21. The van der Waals surface area contributed by atoms with Gasteiger partial charge in [-0.15, -0.1) is 0 Å². The van der Waals surface area contributed by atoms with Crippen molar-refractivity contribution < 1.29 is 4.39 Å². The normalized spacial score (nSPS) is 10.6. The van der Waals surface area contributed by atoms with Crippen molar-refractivity contribution in [3.63, 3.8) is 0 Å². The number of nitrogens with one attached hydrogen (secondary N) is 1. The zero-order chi connectivity index (χ0) is 13.4. The van der Waals surface area contributed by atoms with Crippen molar-refractivity contribution in [3.05, 3.63) is 53.6 Å². The van der Waals surface area contributed by atoms with Crippen molar-refractivity contribution in [1.29, 1.82) is 5.26 Å². The maximum absolute atomic E-state index is 13.5. The Morgan fingerprint density at radius 1 is 1.32 bits per heavy atom. The van der Waals surface area contributed by atoms with Gasteiger partial charge in [-0.25, -0.2) is 9.37 Å². The lowest BCUT2D eigenvalue weighted by molar-refractivity contribution is 0.615. The number of H-pyrrole nitrogens is 1. The summed E-state index contributed by atoms with van der Waals surface area (Å²) in [5.74, 6) is -0.581. The number of nitriles is 1. The van der Waals surface area contributed by atoms with Crippen molar-refractivity contribution in [3.8, 4) is 17.3 Å². The summed E-state index contributed by atoms with van der Waals surface area (Å²) in [7, 11) is 0. The third-order valence-corrected chi connectivity index (χ3v) is 3.11. The van der Waals surface area contributed by atoms with Gasteiger partial charge in [-0.2, -0.15) is 5.26 Å². The highest BCUT2D eigenvalue weighted by atomic mass is 19.1. The molecule has 4 heteroatoms. The fourth-order valence-electron chi connectivity index (χ4n) is 2.21. The van der Waals surface area contributed by atoms with Crippen molar-refractivity contribution in [2.45, 2.75) is 6.92 Å². The van der Waals surface area contributed by atoms with Gasteiger partial charge in [-0.3, -0.25) is 0 Å². The van der Waals surface area contributed by atoms with Crippen LogP contribution in [-0.2, 0) is 0 Å². The van der Waals surface area contributed by atoms with Crippen LogP contribution in [0.4, 0.5) is 4.39 Å². The Balaban J connectivity index is 2.33. The van der Waals surface area contributed by atoms with Gasteiger partial charge in [0.2, 0.25) is 0 Å². The number of aromatic nitrogens is 2. The van der Waals surface area contributed by atoms with E-state index in [-0.39, 0.29) is 5.69 Å². The van der Waals surface area contributed by atoms with Gasteiger partial charge in [0.1, 0.15) is 6.07 Å². The predicted octanol–water partition coefficient (Wildman–Crippen LogP) is 3.55. The summed E-state index contributed by atoms with van der Waals surface area (Å²) in [5, 5.41) is 9.95. The number of hydrogen-bond acceptors (Lipinski definition) is 2. The van der Waals surface area contributed by atoms with Gasteiger partial charge in [0.15, 0.2) is 11.5 Å². The largest absolute Gasteiger partial charge is 0.361 e. The molecule has 1 aromatic carbocycles. The van der Waals surface area contributed by atoms with Crippen LogP contribution in [0.1, 0.15) is 11.3 Å². The van der Waals surface area contributed by atoms with Crippen LogP contribution in [0.2, 0.25) is 0 Å². The molecule has 3 nitrogen and oxygen atoms in total. The van der Waals surface area contributed by atoms with Crippen LogP contribution in [0.3, 0.4) is 0 Å². The Labute approximate surface area is 109 Å². The summed E-state index contributed by atoms with van der Waals surface area (Å²) < 4.78 is 13.5. The number of fused-ring (bicyclic) bond motifs is 1. The molecule has 0 fully saturated rings. The van der Waals surface area contributed by atoms with E-state index in [1.165, 1.54) is 6.07 Å². The molecule has 2 aromatic heterocycles. The second-order valence-corrected chi connectivity index (χ2v) is 4.34. The third-order valence-electron chi connectivity index (χ3n) is 3.11. The molecule has 0 aliphatic heterocycles. The zero-order valence-corrected chi connectivity index (χ0v) is 10.2. The maximum Gasteiger partial charge on any atom is 0.176 e. The van der Waals surface area contributed by atoms with Gasteiger partial charge in [-0.05, 0) is 24.6 Å². The minimum Gasteiger partial charge on any atom is -0.361 e. The van der Waals surface area contributed by atoms with E-state index in [2.05, 4.69) is 9.97 Å². The molecular weight excluding hydrogens is 241 g/mol. The molecule has 0 saturated heterocycles. The minimum atomic E-state index is -0.581. The third kappa shape index (κ3) is 1.76. The monoisotopic (exact) mass is 251 g/mol. The summed E-state index contributed by atoms with van der Waals surface area (Å²) in [6.07, 6.45) is 1.85. The average Bonchev–Trinajstić information content (AvgIpc) is 2.87. The van der Waals surface area contributed by atoms with E-state index in [9.17, 15) is 4.39 Å². The van der Waals surface area contributed by atoms with E-state index < -0.39 is 5.82 Å². The molecule has 0 amide bonds. The number of aromatic amines is 1. The Hall–Kier alpha value is -2.67. The Morgan fingerprint density at radius 2 is 2.16 bits per heavy atom. The summed E-state index contributed by atoms with van der Waals surface area (Å²) in [6, 6.07) is 10.9. The van der Waals surface area contributed by atoms with Crippen molar-refractivity contribution in [2.75, 3.05) is 0 Å². The van der Waals surface area contributed by atoms with Gasteiger partial charge in [0, 0.05) is 17.1 Å². The highest BCUT2D eigenvalue weighted by Gasteiger charge is 2.13. The van der Waals surface area contributed by atoms with Crippen LogP contribution >= 0.6 is 0 Å². The quantitative estimate of drug-likeness (QED) is 0.719. The molecule has 0 unspecified atom stereocenters. The molecule has 92 valence electrons. The summed E-state index contributed by atoms with van der Waals surface area (Å²) in [4.78, 5) is 7.28. The second kappa shape index (κ2) is 4.21. The number of rotatable bonds is 1. The van der Waals surface area contributed by atoms with E-state index in [0.29, 0.717) is 11.3 Å². The Bertz CT molecular complexity index is 812. The van der Waals surface area contributed by atoms with Crippen molar-refractivity contribution in [2.24, 2.45) is 0 Å². The second-order valence-electron chi connectivity index (χ2n) is 4.34. The number of nitrogens with zero attached hydrogens (tertiary/aromatic N) is 2. The Kier molecular flexibility index (Phi) is 2.53. The molecule has 0 atom stereocenters. The lowest BCUT2D eigenvalue weighted by atomic mass is 10.0. The fraction of sp³-hybridized carbons (Fsp3) is 0.0667. The topological polar surface area (TPSA) is 52.5 Å². The van der Waals surface area contributed by atoms with E-state index in [0.717, 1.165) is 16.5 Å². The minimum absolute atomic E-state index is 0.177. The number of pyridine rings is 1. The first-order valence-corrected chi connectivity index (χ1v) is 5.84. The lowest BCUT2D eigenvalue weighted by Crippen LogP contribution is -1.96. The lowest BCUT2D eigenvalue weighted by Gasteiger charge is -2.07. The van der Waals surface area contributed by atoms with Gasteiger partial charge < -0.3 is 4.98 Å². The molecule has 3 rings (SSSR count). The first-order chi connectivity index (χ1) is 9.20. The first-order valence-electron chi connectivity index (χ1n) is 5.84. The first kappa shape index (κ1) is 11.4. The molecule has 0 aliphatic carbocycles. The van der Waals surface area contributed by atoms with Crippen LogP contribution in [0, 0.1) is 24.1 Å². The van der Waals surface area contributed by atoms with Gasteiger partial charge >= 0.3 is 0 Å². The molecule has 2 heterocycles. The summed E-state index contributed by atoms with van der Waals surface area (Å²) in [6.45, 7) is 1.79. The van der Waals surface area contributed by atoms with Gasteiger partial charge in [0.25, 0.3) is 0 Å². The molecule has 0 aliphatic rings. The maximum atomic E-state index is 13.5. The van der Waals surface area contributed by atoms with Crippen molar-refractivity contribution in [1.82, 2.24) is 9.97 Å². The van der Waals surface area contributed by atoms with E-state index >= 15 is 0 Å². The standard InChI is InChI=1S/C15H10FN3/c1-9-7-12(16)13(8-17)19-14(9)11-4-2-3-10-5-6-18-15(10)11/h2-7,18H,1H3. The molecule has 19 heavy (non-hydrogen) atoms. The molecular formula is C15H10FN3. The van der Waals surface area contributed by atoms with Gasteiger partial charge in [-0.1, -0.05) is 18.2 Å². The number of benzene rings is 1.